The van der Waals surface area contributed by atoms with Crippen molar-refractivity contribution in [1.29, 1.82) is 0 Å². The van der Waals surface area contributed by atoms with Crippen molar-refractivity contribution in [1.82, 2.24) is 5.32 Å². The van der Waals surface area contributed by atoms with Gasteiger partial charge in [-0.3, -0.25) is 0 Å². The molecule has 0 unspecified atom stereocenters. The lowest BCUT2D eigenvalue weighted by Crippen LogP contribution is -2.27. The summed E-state index contributed by atoms with van der Waals surface area (Å²) in [6.45, 7) is 1.80. The molecule has 0 atom stereocenters. The molecule has 2 nitrogen and oxygen atoms in total. The van der Waals surface area contributed by atoms with Crippen molar-refractivity contribution in [2.75, 3.05) is 18.4 Å². The minimum Gasteiger partial charge on any atom is -0.390 e. The highest BCUT2D eigenvalue weighted by Gasteiger charge is 2.14. The lowest BCUT2D eigenvalue weighted by atomic mass is 10.1. The maximum Gasteiger partial charge on any atom is 0.125 e. The first kappa shape index (κ1) is 7.85. The van der Waals surface area contributed by atoms with Gasteiger partial charge in [-0.1, -0.05) is 0 Å². The molecule has 1 aromatic carbocycles. The van der Waals surface area contributed by atoms with E-state index in [0.717, 1.165) is 30.4 Å². The maximum absolute atomic E-state index is 13.2. The molecular formula is C11H11FN2. The normalized spacial score (nSPS) is 17.6. The van der Waals surface area contributed by atoms with E-state index in [-0.39, 0.29) is 5.82 Å². The molecule has 0 aliphatic carbocycles. The Balaban J connectivity index is 2.46. The molecule has 3 heteroatoms. The summed E-state index contributed by atoms with van der Waals surface area (Å²) in [5, 5.41) is 8.58. The fourth-order valence-electron chi connectivity index (χ4n) is 2.18. The van der Waals surface area contributed by atoms with Gasteiger partial charge in [-0.2, -0.15) is 0 Å². The van der Waals surface area contributed by atoms with Gasteiger partial charge in [0.05, 0.1) is 0 Å². The average Bonchev–Trinajstić information content (AvgIpc) is 2.43. The average molecular weight is 190 g/mol. The minimum absolute atomic E-state index is 0.174. The van der Waals surface area contributed by atoms with Gasteiger partial charge in [0.1, 0.15) is 5.82 Å². The van der Waals surface area contributed by atoms with Crippen molar-refractivity contribution in [2.24, 2.45) is 0 Å². The first-order valence-electron chi connectivity index (χ1n) is 4.84. The van der Waals surface area contributed by atoms with Crippen LogP contribution in [-0.4, -0.2) is 13.1 Å². The van der Waals surface area contributed by atoms with Crippen molar-refractivity contribution in [3.63, 3.8) is 0 Å². The third kappa shape index (κ3) is 1.02. The predicted octanol–water partition coefficient (Wildman–Crippen LogP) is 0.133. The Morgan fingerprint density at radius 3 is 3.14 bits per heavy atom. The van der Waals surface area contributed by atoms with E-state index < -0.39 is 0 Å². The summed E-state index contributed by atoms with van der Waals surface area (Å²) in [4.78, 5) is 0. The molecule has 2 aliphatic heterocycles. The molecule has 2 heterocycles. The maximum atomic E-state index is 13.2. The number of hydrogen-bond acceptors (Lipinski definition) is 2. The van der Waals surface area contributed by atoms with E-state index in [1.165, 1.54) is 10.8 Å². The van der Waals surface area contributed by atoms with Crippen molar-refractivity contribution in [3.8, 4) is 0 Å². The third-order valence-electron chi connectivity index (χ3n) is 2.81. The lowest BCUT2D eigenvalue weighted by molar-refractivity contribution is 0.627. The van der Waals surface area contributed by atoms with Crippen molar-refractivity contribution < 1.29 is 4.39 Å². The zero-order chi connectivity index (χ0) is 9.54. The van der Waals surface area contributed by atoms with Crippen LogP contribution < -0.4 is 21.1 Å². The standard InChI is InChI=1S/C11H11FN2/c12-9-3-8-5-13-2-1-7-6-14-10(4-9)11(7)8/h3-5,13-14H,1-2,6H2. The first-order chi connectivity index (χ1) is 6.84. The molecule has 0 amide bonds. The molecular weight excluding hydrogens is 179 g/mol. The number of benzene rings is 1. The summed E-state index contributed by atoms with van der Waals surface area (Å²) in [5.74, 6) is -0.174. The van der Waals surface area contributed by atoms with E-state index in [1.54, 1.807) is 12.1 Å². The topological polar surface area (TPSA) is 24.1 Å². The number of rotatable bonds is 0. The fourth-order valence-corrected chi connectivity index (χ4v) is 2.18. The van der Waals surface area contributed by atoms with Gasteiger partial charge in [-0.15, -0.1) is 0 Å². The summed E-state index contributed by atoms with van der Waals surface area (Å²) < 4.78 is 13.2. The van der Waals surface area contributed by atoms with Gasteiger partial charge >= 0.3 is 0 Å². The van der Waals surface area contributed by atoms with Gasteiger partial charge in [-0.25, -0.2) is 4.39 Å². The second kappa shape index (κ2) is 2.74. The molecule has 0 saturated carbocycles. The largest absolute Gasteiger partial charge is 0.390 e. The van der Waals surface area contributed by atoms with Crippen LogP contribution in [0, 0.1) is 5.82 Å². The van der Waals surface area contributed by atoms with Gasteiger partial charge in [0.25, 0.3) is 0 Å². The van der Waals surface area contributed by atoms with Crippen molar-refractivity contribution >= 4 is 17.5 Å². The van der Waals surface area contributed by atoms with Crippen LogP contribution in [0.5, 0.6) is 0 Å². The second-order valence-electron chi connectivity index (χ2n) is 3.72. The molecule has 72 valence electrons. The summed E-state index contributed by atoms with van der Waals surface area (Å²) in [7, 11) is 0. The van der Waals surface area contributed by atoms with Gasteiger partial charge < -0.3 is 10.6 Å². The summed E-state index contributed by atoms with van der Waals surface area (Å²) in [5.41, 5.74) is 2.33. The Bertz CT molecular complexity index is 505. The van der Waals surface area contributed by atoms with Gasteiger partial charge in [0.15, 0.2) is 0 Å². The van der Waals surface area contributed by atoms with Crippen LogP contribution in [-0.2, 0) is 0 Å². The first-order valence-corrected chi connectivity index (χ1v) is 4.84. The Morgan fingerprint density at radius 2 is 2.21 bits per heavy atom. The van der Waals surface area contributed by atoms with Crippen LogP contribution in [0.2, 0.25) is 0 Å². The van der Waals surface area contributed by atoms with E-state index in [4.69, 9.17) is 0 Å². The molecule has 0 saturated heterocycles. The summed E-state index contributed by atoms with van der Waals surface area (Å²) >= 11 is 0. The minimum atomic E-state index is -0.174. The molecule has 3 rings (SSSR count). The third-order valence-corrected chi connectivity index (χ3v) is 2.81. The zero-order valence-electron chi connectivity index (χ0n) is 7.73. The van der Waals surface area contributed by atoms with Crippen LogP contribution >= 0.6 is 0 Å². The van der Waals surface area contributed by atoms with Crippen LogP contribution in [0.15, 0.2) is 12.1 Å². The molecule has 14 heavy (non-hydrogen) atoms. The van der Waals surface area contributed by atoms with Crippen LogP contribution in [0.4, 0.5) is 10.1 Å². The summed E-state index contributed by atoms with van der Waals surface area (Å²) in [6, 6.07) is 3.16. The Labute approximate surface area is 81.1 Å². The SMILES string of the molecule is Fc1cc2c3c(c1)=CNCCC=3CN2. The van der Waals surface area contributed by atoms with E-state index in [1.807, 2.05) is 6.20 Å². The highest BCUT2D eigenvalue weighted by Crippen LogP contribution is 2.13. The van der Waals surface area contributed by atoms with Crippen LogP contribution in [0.25, 0.3) is 11.8 Å². The number of hydrogen-bond donors (Lipinski definition) is 2. The molecule has 2 aliphatic rings. The Hall–Kier alpha value is -1.51. The van der Waals surface area contributed by atoms with Crippen LogP contribution in [0.1, 0.15) is 6.42 Å². The van der Waals surface area contributed by atoms with Gasteiger partial charge in [0, 0.05) is 35.4 Å². The monoisotopic (exact) mass is 190 g/mol. The molecule has 0 fully saturated rings. The molecule has 0 radical (unpaired) electrons. The highest BCUT2D eigenvalue weighted by molar-refractivity contribution is 5.68. The number of anilines is 1. The fraction of sp³-hybridized carbons (Fsp3) is 0.273. The second-order valence-corrected chi connectivity index (χ2v) is 3.72. The van der Waals surface area contributed by atoms with Gasteiger partial charge in [0.2, 0.25) is 0 Å². The number of nitrogens with one attached hydrogen (secondary N) is 2. The van der Waals surface area contributed by atoms with E-state index in [9.17, 15) is 4.39 Å². The van der Waals surface area contributed by atoms with Crippen LogP contribution in [0.3, 0.4) is 0 Å². The number of halogens is 1. The summed E-state index contributed by atoms with van der Waals surface area (Å²) in [6.07, 6.45) is 2.94. The molecule has 0 bridgehead atoms. The van der Waals surface area contributed by atoms with Gasteiger partial charge in [-0.05, 0) is 24.1 Å². The van der Waals surface area contributed by atoms with E-state index in [0.29, 0.717) is 0 Å². The molecule has 0 aromatic heterocycles. The van der Waals surface area contributed by atoms with E-state index >= 15 is 0 Å². The quantitative estimate of drug-likeness (QED) is 0.608. The highest BCUT2D eigenvalue weighted by atomic mass is 19.1. The molecule has 1 aromatic rings. The predicted molar refractivity (Wildman–Crippen MR) is 54.6 cm³/mol. The van der Waals surface area contributed by atoms with Crippen molar-refractivity contribution in [2.45, 2.75) is 6.42 Å². The Kier molecular flexibility index (Phi) is 1.54. The zero-order valence-corrected chi connectivity index (χ0v) is 7.73. The molecule has 2 N–H and O–H groups in total. The van der Waals surface area contributed by atoms with E-state index in [2.05, 4.69) is 10.6 Å². The van der Waals surface area contributed by atoms with Crippen molar-refractivity contribution in [3.05, 3.63) is 28.4 Å². The smallest absolute Gasteiger partial charge is 0.125 e. The Morgan fingerprint density at radius 1 is 1.29 bits per heavy atom. The lowest BCUT2D eigenvalue weighted by Gasteiger charge is -2.01. The molecule has 0 spiro atoms.